The Morgan fingerprint density at radius 2 is 1.52 bits per heavy atom. The number of nitriles is 1. The van der Waals surface area contributed by atoms with E-state index in [1.165, 1.54) is 6.08 Å². The van der Waals surface area contributed by atoms with Crippen LogP contribution in [-0.2, 0) is 19.2 Å². The molecule has 0 aromatic heterocycles. The summed E-state index contributed by atoms with van der Waals surface area (Å²) in [5.41, 5.74) is 0. The van der Waals surface area contributed by atoms with Gasteiger partial charge in [0.15, 0.2) is 0 Å². The molecule has 5 N–H and O–H groups in total. The minimum absolute atomic E-state index is 0. The van der Waals surface area contributed by atoms with Gasteiger partial charge >= 0.3 is 5.97 Å². The maximum atomic E-state index is 10.9. The molecule has 0 heterocycles. The van der Waals surface area contributed by atoms with Crippen molar-refractivity contribution in [3.05, 3.63) is 12.7 Å². The lowest BCUT2D eigenvalue weighted by Gasteiger charge is -2.38. The van der Waals surface area contributed by atoms with Crippen molar-refractivity contribution in [3.63, 3.8) is 0 Å². The molecule has 2 rings (SSSR count). The van der Waals surface area contributed by atoms with E-state index in [1.54, 1.807) is 0 Å². The third-order valence-electron chi connectivity index (χ3n) is 6.53. The molecular formula is C23H41NO7. The topological polar surface area (TPSA) is 152 Å². The van der Waals surface area contributed by atoms with Crippen LogP contribution in [0.2, 0.25) is 0 Å². The summed E-state index contributed by atoms with van der Waals surface area (Å²) in [6, 6.07) is 2.37. The van der Waals surface area contributed by atoms with Crippen LogP contribution in [-0.4, -0.2) is 47.6 Å². The van der Waals surface area contributed by atoms with Crippen LogP contribution in [0.5, 0.6) is 0 Å². The molecule has 1 unspecified atom stereocenters. The second-order valence-electron chi connectivity index (χ2n) is 8.50. The molecule has 180 valence electrons. The van der Waals surface area contributed by atoms with E-state index in [0.717, 1.165) is 83.7 Å². The van der Waals surface area contributed by atoms with Crippen molar-refractivity contribution in [2.24, 2.45) is 17.8 Å². The van der Waals surface area contributed by atoms with Gasteiger partial charge in [-0.1, -0.05) is 13.0 Å². The number of carbonyl (C=O) groups is 1. The number of nitrogens with zero attached hydrogens (tertiary/aromatic N) is 1. The lowest BCUT2D eigenvalue weighted by molar-refractivity contribution is -0.307. The molecule has 0 aliphatic heterocycles. The number of rotatable bonds is 12. The lowest BCUT2D eigenvalue weighted by Crippen LogP contribution is -2.37. The van der Waals surface area contributed by atoms with Gasteiger partial charge in [0.25, 0.3) is 0 Å². The number of unbranched alkanes of at least 4 members (excludes halogenated alkanes) is 3. The Balaban J connectivity index is 0.00000450. The molecule has 2 aliphatic rings. The van der Waals surface area contributed by atoms with E-state index in [2.05, 4.69) is 12.6 Å². The summed E-state index contributed by atoms with van der Waals surface area (Å²) < 4.78 is 11.0. The summed E-state index contributed by atoms with van der Waals surface area (Å²) in [7, 11) is 0. The molecular weight excluding hydrogens is 402 g/mol. The molecule has 2 saturated carbocycles. The monoisotopic (exact) mass is 443 g/mol. The molecule has 0 saturated heterocycles. The van der Waals surface area contributed by atoms with Gasteiger partial charge in [0.05, 0.1) is 24.9 Å². The molecule has 1 atom stereocenters. The highest BCUT2D eigenvalue weighted by molar-refractivity contribution is 5.81. The van der Waals surface area contributed by atoms with E-state index in [4.69, 9.17) is 19.6 Å². The van der Waals surface area contributed by atoms with Gasteiger partial charge in [0.2, 0.25) is 0 Å². The zero-order chi connectivity index (χ0) is 20.9. The average Bonchev–Trinajstić information content (AvgIpc) is 2.77. The van der Waals surface area contributed by atoms with Crippen molar-refractivity contribution in [2.75, 3.05) is 13.2 Å². The standard InChI is InChI=1S/C23H37NO5.2H2O/c1-2-22(25)28-16-6-4-3-5-15-27-21-13-11-20(12-14-21)23(29-26)19-9-7-18(17-24)8-10-19;;/h2,18-21,23,26H,1,3-16H2;2*1H2. The highest BCUT2D eigenvalue weighted by Crippen LogP contribution is 2.39. The van der Waals surface area contributed by atoms with Crippen molar-refractivity contribution < 1.29 is 35.4 Å². The van der Waals surface area contributed by atoms with Crippen LogP contribution in [0.15, 0.2) is 12.7 Å². The predicted octanol–water partition coefficient (Wildman–Crippen LogP) is 3.39. The summed E-state index contributed by atoms with van der Waals surface area (Å²) in [5, 5.41) is 18.6. The maximum absolute atomic E-state index is 10.9. The summed E-state index contributed by atoms with van der Waals surface area (Å²) in [6.45, 7) is 4.61. The number of esters is 1. The molecule has 2 aliphatic carbocycles. The number of ether oxygens (including phenoxy) is 2. The SMILES string of the molecule is C=CC(=O)OCCCCCCOC1CCC(C(OO)C2CCC(C#N)CC2)CC1.O.O. The minimum Gasteiger partial charge on any atom is -0.463 e. The molecule has 0 radical (unpaired) electrons. The van der Waals surface area contributed by atoms with Crippen LogP contribution >= 0.6 is 0 Å². The van der Waals surface area contributed by atoms with Crippen LogP contribution in [0.1, 0.15) is 77.0 Å². The van der Waals surface area contributed by atoms with Gasteiger partial charge in [-0.25, -0.2) is 9.68 Å². The first-order valence-corrected chi connectivity index (χ1v) is 11.3. The highest BCUT2D eigenvalue weighted by Gasteiger charge is 2.36. The van der Waals surface area contributed by atoms with Gasteiger partial charge in [-0.2, -0.15) is 5.26 Å². The normalized spacial score (nSPS) is 26.5. The Hall–Kier alpha value is -1.50. The predicted molar refractivity (Wildman–Crippen MR) is 117 cm³/mol. The van der Waals surface area contributed by atoms with Crippen LogP contribution in [0, 0.1) is 29.1 Å². The van der Waals surface area contributed by atoms with E-state index in [0.29, 0.717) is 24.5 Å². The van der Waals surface area contributed by atoms with E-state index < -0.39 is 0 Å². The summed E-state index contributed by atoms with van der Waals surface area (Å²) in [4.78, 5) is 15.9. The number of hydrogen-bond acceptors (Lipinski definition) is 6. The molecule has 0 aromatic rings. The fourth-order valence-electron chi connectivity index (χ4n) is 4.76. The fourth-order valence-corrected chi connectivity index (χ4v) is 4.76. The minimum atomic E-state index is -0.354. The second-order valence-corrected chi connectivity index (χ2v) is 8.50. The highest BCUT2D eigenvalue weighted by atomic mass is 17.1. The van der Waals surface area contributed by atoms with Gasteiger partial charge < -0.3 is 20.4 Å². The van der Waals surface area contributed by atoms with Gasteiger partial charge in [-0.05, 0) is 82.5 Å². The maximum Gasteiger partial charge on any atom is 0.330 e. The Morgan fingerprint density at radius 1 is 0.968 bits per heavy atom. The van der Waals surface area contributed by atoms with Crippen LogP contribution in [0.25, 0.3) is 0 Å². The molecule has 0 aromatic carbocycles. The van der Waals surface area contributed by atoms with Crippen LogP contribution in [0.4, 0.5) is 0 Å². The number of hydrogen-bond donors (Lipinski definition) is 1. The van der Waals surface area contributed by atoms with Crippen molar-refractivity contribution in [1.82, 2.24) is 0 Å². The second kappa shape index (κ2) is 17.1. The van der Waals surface area contributed by atoms with Gasteiger partial charge in [-0.15, -0.1) is 0 Å². The Bertz CT molecular complexity index is 521. The number of carbonyl (C=O) groups excluding carboxylic acids is 1. The van der Waals surface area contributed by atoms with Crippen molar-refractivity contribution >= 4 is 5.97 Å². The van der Waals surface area contributed by atoms with Gasteiger partial charge in [-0.3, -0.25) is 5.26 Å². The molecule has 0 bridgehead atoms. The van der Waals surface area contributed by atoms with Crippen LogP contribution < -0.4 is 0 Å². The van der Waals surface area contributed by atoms with Crippen molar-refractivity contribution in [2.45, 2.75) is 89.3 Å². The summed E-state index contributed by atoms with van der Waals surface area (Å²) in [5.74, 6) is 0.587. The quantitative estimate of drug-likeness (QED) is 0.160. The van der Waals surface area contributed by atoms with Gasteiger partial charge in [0, 0.05) is 18.6 Å². The third-order valence-corrected chi connectivity index (χ3v) is 6.53. The van der Waals surface area contributed by atoms with Gasteiger partial charge in [0.1, 0.15) is 0 Å². The average molecular weight is 444 g/mol. The van der Waals surface area contributed by atoms with E-state index in [9.17, 15) is 10.1 Å². The Kier molecular flexibility index (Phi) is 16.3. The fraction of sp³-hybridized carbons (Fsp3) is 0.826. The first kappa shape index (κ1) is 29.5. The summed E-state index contributed by atoms with van der Waals surface area (Å²) in [6.07, 6.45) is 13.3. The van der Waals surface area contributed by atoms with Crippen LogP contribution in [0.3, 0.4) is 0 Å². The third kappa shape index (κ3) is 10.6. The van der Waals surface area contributed by atoms with Crippen molar-refractivity contribution in [3.8, 4) is 6.07 Å². The lowest BCUT2D eigenvalue weighted by atomic mass is 9.73. The smallest absolute Gasteiger partial charge is 0.330 e. The molecule has 31 heavy (non-hydrogen) atoms. The first-order chi connectivity index (χ1) is 14.2. The summed E-state index contributed by atoms with van der Waals surface area (Å²) >= 11 is 0. The molecule has 2 fully saturated rings. The zero-order valence-corrected chi connectivity index (χ0v) is 18.6. The largest absolute Gasteiger partial charge is 0.463 e. The van der Waals surface area contributed by atoms with Crippen molar-refractivity contribution in [1.29, 1.82) is 5.26 Å². The Morgan fingerprint density at radius 3 is 2.03 bits per heavy atom. The first-order valence-electron chi connectivity index (χ1n) is 11.3. The molecule has 0 amide bonds. The van der Waals surface area contributed by atoms with E-state index in [-0.39, 0.29) is 28.9 Å². The van der Waals surface area contributed by atoms with E-state index >= 15 is 0 Å². The Labute approximate surface area is 186 Å². The molecule has 0 spiro atoms. The van der Waals surface area contributed by atoms with E-state index in [1.807, 2.05) is 0 Å². The molecule has 8 nitrogen and oxygen atoms in total. The zero-order valence-electron chi connectivity index (χ0n) is 18.6. The molecule has 8 heteroatoms.